The van der Waals surface area contributed by atoms with E-state index >= 15 is 0 Å². The minimum absolute atomic E-state index is 0.146. The third-order valence-electron chi connectivity index (χ3n) is 2.53. The lowest BCUT2D eigenvalue weighted by Gasteiger charge is -2.23. The van der Waals surface area contributed by atoms with Crippen molar-refractivity contribution in [1.82, 2.24) is 20.6 Å². The first kappa shape index (κ1) is 11.5. The molecular weight excluding hydrogens is 272 g/mol. The van der Waals surface area contributed by atoms with Crippen molar-refractivity contribution in [3.8, 4) is 0 Å². The maximum Gasteiger partial charge on any atom is 0.271 e. The van der Waals surface area contributed by atoms with Gasteiger partial charge in [0.25, 0.3) is 5.91 Å². The zero-order valence-electron chi connectivity index (χ0n) is 8.74. The molecule has 0 atom stereocenters. The maximum absolute atomic E-state index is 11.8. The van der Waals surface area contributed by atoms with Crippen molar-refractivity contribution in [2.75, 3.05) is 13.1 Å². The molecule has 0 aliphatic carbocycles. The van der Waals surface area contributed by atoms with E-state index in [2.05, 4.69) is 36.5 Å². The summed E-state index contributed by atoms with van der Waals surface area (Å²) in [5.74, 6) is -0.146. The predicted octanol–water partition coefficient (Wildman–Crippen LogP) is 0.721. The van der Waals surface area contributed by atoms with Gasteiger partial charge in [-0.15, -0.1) is 0 Å². The highest BCUT2D eigenvalue weighted by atomic mass is 79.9. The summed E-state index contributed by atoms with van der Waals surface area (Å²) in [7, 11) is 0. The van der Waals surface area contributed by atoms with Crippen LogP contribution in [0.1, 0.15) is 23.3 Å². The van der Waals surface area contributed by atoms with Gasteiger partial charge in [0.1, 0.15) is 10.3 Å². The van der Waals surface area contributed by atoms with E-state index in [-0.39, 0.29) is 11.9 Å². The number of nitrogens with one attached hydrogen (secondary N) is 2. The Hall–Kier alpha value is -1.01. The van der Waals surface area contributed by atoms with Crippen molar-refractivity contribution < 1.29 is 4.79 Å². The summed E-state index contributed by atoms with van der Waals surface area (Å²) in [6, 6.07) is 0.249. The van der Waals surface area contributed by atoms with E-state index in [1.807, 2.05) is 0 Å². The number of amides is 1. The largest absolute Gasteiger partial charge is 0.348 e. The number of nitrogens with zero attached hydrogens (tertiary/aromatic N) is 2. The van der Waals surface area contributed by atoms with Crippen molar-refractivity contribution in [2.45, 2.75) is 18.9 Å². The summed E-state index contributed by atoms with van der Waals surface area (Å²) in [5, 5.41) is 6.21. The molecule has 6 heteroatoms. The molecule has 5 nitrogen and oxygen atoms in total. The lowest BCUT2D eigenvalue weighted by atomic mass is 10.1. The van der Waals surface area contributed by atoms with Crippen LogP contribution in [0, 0.1) is 0 Å². The van der Waals surface area contributed by atoms with Gasteiger partial charge in [-0.3, -0.25) is 4.79 Å². The summed E-state index contributed by atoms with van der Waals surface area (Å²) >= 11 is 3.18. The predicted molar refractivity (Wildman–Crippen MR) is 63.1 cm³/mol. The van der Waals surface area contributed by atoms with Crippen LogP contribution in [0.25, 0.3) is 0 Å². The van der Waals surface area contributed by atoms with Crippen LogP contribution in [-0.2, 0) is 0 Å². The summed E-state index contributed by atoms with van der Waals surface area (Å²) in [5.41, 5.74) is 0.363. The fourth-order valence-corrected chi connectivity index (χ4v) is 1.86. The van der Waals surface area contributed by atoms with Crippen LogP contribution < -0.4 is 10.6 Å². The van der Waals surface area contributed by atoms with E-state index in [1.54, 1.807) is 0 Å². The molecule has 0 unspecified atom stereocenters. The molecule has 16 heavy (non-hydrogen) atoms. The van der Waals surface area contributed by atoms with Gasteiger partial charge in [-0.25, -0.2) is 9.97 Å². The van der Waals surface area contributed by atoms with Crippen LogP contribution in [0.5, 0.6) is 0 Å². The SMILES string of the molecule is O=C(NC1CCNCC1)c1cnc(Br)cn1. The van der Waals surface area contributed by atoms with Crippen molar-refractivity contribution in [3.05, 3.63) is 22.7 Å². The molecule has 1 amide bonds. The molecule has 0 spiro atoms. The average Bonchev–Trinajstić information content (AvgIpc) is 2.31. The van der Waals surface area contributed by atoms with Gasteiger partial charge >= 0.3 is 0 Å². The molecule has 0 bridgehead atoms. The molecule has 0 aromatic carbocycles. The lowest BCUT2D eigenvalue weighted by Crippen LogP contribution is -2.42. The second-order valence-corrected chi connectivity index (χ2v) is 4.53. The van der Waals surface area contributed by atoms with E-state index in [9.17, 15) is 4.79 Å². The molecule has 1 fully saturated rings. The monoisotopic (exact) mass is 284 g/mol. The van der Waals surface area contributed by atoms with Gasteiger partial charge in [0, 0.05) is 6.04 Å². The van der Waals surface area contributed by atoms with Gasteiger partial charge in [-0.05, 0) is 41.9 Å². The third-order valence-corrected chi connectivity index (χ3v) is 2.94. The Morgan fingerprint density at radius 1 is 1.38 bits per heavy atom. The molecule has 0 saturated carbocycles. The van der Waals surface area contributed by atoms with Crippen LogP contribution in [0.3, 0.4) is 0 Å². The molecule has 2 rings (SSSR count). The number of carbonyl (C=O) groups is 1. The summed E-state index contributed by atoms with van der Waals surface area (Å²) in [4.78, 5) is 19.8. The van der Waals surface area contributed by atoms with Gasteiger partial charge in [0.15, 0.2) is 0 Å². The van der Waals surface area contributed by atoms with Crippen LogP contribution in [0.15, 0.2) is 17.0 Å². The molecule has 1 aliphatic heterocycles. The van der Waals surface area contributed by atoms with Gasteiger partial charge in [-0.1, -0.05) is 0 Å². The maximum atomic E-state index is 11.8. The Kier molecular flexibility index (Phi) is 3.84. The van der Waals surface area contributed by atoms with Crippen molar-refractivity contribution in [1.29, 1.82) is 0 Å². The summed E-state index contributed by atoms with van der Waals surface area (Å²) in [6.07, 6.45) is 4.93. The Labute approximate surface area is 102 Å². The zero-order valence-corrected chi connectivity index (χ0v) is 10.3. The number of halogens is 1. The second kappa shape index (κ2) is 5.36. The minimum atomic E-state index is -0.146. The number of carbonyl (C=O) groups excluding carboxylic acids is 1. The number of rotatable bonds is 2. The summed E-state index contributed by atoms with van der Waals surface area (Å²) in [6.45, 7) is 1.91. The number of aromatic nitrogens is 2. The highest BCUT2D eigenvalue weighted by Gasteiger charge is 2.16. The van der Waals surface area contributed by atoms with Crippen LogP contribution in [0.2, 0.25) is 0 Å². The first-order chi connectivity index (χ1) is 7.75. The van der Waals surface area contributed by atoms with Crippen molar-refractivity contribution in [3.63, 3.8) is 0 Å². The molecule has 2 heterocycles. The molecule has 0 radical (unpaired) electrons. The fourth-order valence-electron chi connectivity index (χ4n) is 1.66. The lowest BCUT2D eigenvalue weighted by molar-refractivity contribution is 0.0924. The van der Waals surface area contributed by atoms with E-state index in [0.29, 0.717) is 10.3 Å². The van der Waals surface area contributed by atoms with E-state index in [4.69, 9.17) is 0 Å². The normalized spacial score (nSPS) is 17.1. The zero-order chi connectivity index (χ0) is 11.4. The van der Waals surface area contributed by atoms with E-state index in [1.165, 1.54) is 12.4 Å². The van der Waals surface area contributed by atoms with Gasteiger partial charge in [0.2, 0.25) is 0 Å². The standard InChI is InChI=1S/C10H13BrN4O/c11-9-6-13-8(5-14-9)10(16)15-7-1-3-12-4-2-7/h5-7,12H,1-4H2,(H,15,16). The Morgan fingerprint density at radius 3 is 2.75 bits per heavy atom. The Balaban J connectivity index is 1.94. The Bertz CT molecular complexity index is 362. The molecule has 1 saturated heterocycles. The highest BCUT2D eigenvalue weighted by molar-refractivity contribution is 9.10. The molecule has 1 aromatic rings. The van der Waals surface area contributed by atoms with Crippen LogP contribution in [0.4, 0.5) is 0 Å². The molecular formula is C10H13BrN4O. The minimum Gasteiger partial charge on any atom is -0.348 e. The van der Waals surface area contributed by atoms with Gasteiger partial charge in [0.05, 0.1) is 12.4 Å². The molecule has 1 aliphatic rings. The van der Waals surface area contributed by atoms with Gasteiger partial charge in [-0.2, -0.15) is 0 Å². The average molecular weight is 285 g/mol. The number of hydrogen-bond acceptors (Lipinski definition) is 4. The van der Waals surface area contributed by atoms with Crippen LogP contribution >= 0.6 is 15.9 Å². The first-order valence-electron chi connectivity index (χ1n) is 5.25. The van der Waals surface area contributed by atoms with Crippen molar-refractivity contribution in [2.24, 2.45) is 0 Å². The molecule has 2 N–H and O–H groups in total. The quantitative estimate of drug-likeness (QED) is 0.840. The van der Waals surface area contributed by atoms with E-state index < -0.39 is 0 Å². The molecule has 86 valence electrons. The molecule has 1 aromatic heterocycles. The smallest absolute Gasteiger partial charge is 0.271 e. The Morgan fingerprint density at radius 2 is 2.12 bits per heavy atom. The summed E-state index contributed by atoms with van der Waals surface area (Å²) < 4.78 is 0.630. The van der Waals surface area contributed by atoms with Crippen molar-refractivity contribution >= 4 is 21.8 Å². The number of piperidine rings is 1. The highest BCUT2D eigenvalue weighted by Crippen LogP contribution is 2.05. The van der Waals surface area contributed by atoms with E-state index in [0.717, 1.165) is 25.9 Å². The topological polar surface area (TPSA) is 66.9 Å². The van der Waals surface area contributed by atoms with Crippen LogP contribution in [-0.4, -0.2) is 35.0 Å². The first-order valence-corrected chi connectivity index (χ1v) is 6.04. The van der Waals surface area contributed by atoms with Gasteiger partial charge < -0.3 is 10.6 Å². The third kappa shape index (κ3) is 2.99. The fraction of sp³-hybridized carbons (Fsp3) is 0.500. The number of hydrogen-bond donors (Lipinski definition) is 2. The second-order valence-electron chi connectivity index (χ2n) is 3.72.